The zero-order valence-electron chi connectivity index (χ0n) is 13.6. The topological polar surface area (TPSA) is 77.6 Å². The molecule has 0 bridgehead atoms. The Labute approximate surface area is 136 Å². The summed E-state index contributed by atoms with van der Waals surface area (Å²) in [5.74, 6) is -0.503. The molecular weight excluding hydrogens is 318 g/mol. The van der Waals surface area contributed by atoms with Crippen LogP contribution in [0.2, 0.25) is 0 Å². The molecule has 7 nitrogen and oxygen atoms in total. The number of fused-ring (bicyclic) bond motifs is 1. The minimum atomic E-state index is -2.74. The number of nitrogens with zero attached hydrogens (tertiary/aromatic N) is 5. The number of alkyl halides is 2. The zero-order chi connectivity index (χ0) is 17.6. The second-order valence-corrected chi connectivity index (χ2v) is 5.54. The van der Waals surface area contributed by atoms with Crippen LogP contribution in [0.5, 0.6) is 0 Å². The molecule has 0 spiro atoms. The van der Waals surface area contributed by atoms with Crippen molar-refractivity contribution in [3.63, 3.8) is 0 Å². The number of halogens is 2. The monoisotopic (exact) mass is 334 g/mol. The molecule has 3 rings (SSSR count). The molecule has 0 aromatic carbocycles. The van der Waals surface area contributed by atoms with Crippen LogP contribution >= 0.6 is 0 Å². The van der Waals surface area contributed by atoms with Gasteiger partial charge in [-0.2, -0.15) is 10.2 Å². The Bertz CT molecular complexity index is 943. The van der Waals surface area contributed by atoms with Crippen LogP contribution in [0.25, 0.3) is 11.0 Å². The van der Waals surface area contributed by atoms with Gasteiger partial charge < -0.3 is 5.32 Å². The summed E-state index contributed by atoms with van der Waals surface area (Å²) in [6, 6.07) is 1.62. The first kappa shape index (κ1) is 16.0. The third-order valence-electron chi connectivity index (χ3n) is 3.78. The Morgan fingerprint density at radius 1 is 1.25 bits per heavy atom. The van der Waals surface area contributed by atoms with Crippen LogP contribution < -0.4 is 5.32 Å². The van der Waals surface area contributed by atoms with Crippen LogP contribution in [-0.2, 0) is 14.1 Å². The van der Waals surface area contributed by atoms with Gasteiger partial charge in [0.15, 0.2) is 5.65 Å². The van der Waals surface area contributed by atoms with E-state index in [1.807, 2.05) is 0 Å². The first-order chi connectivity index (χ1) is 11.3. The molecule has 0 fully saturated rings. The van der Waals surface area contributed by atoms with Crippen molar-refractivity contribution in [1.82, 2.24) is 24.5 Å². The number of carbonyl (C=O) groups excluding carboxylic acids is 1. The number of aromatic nitrogens is 5. The lowest BCUT2D eigenvalue weighted by molar-refractivity contribution is 0.102. The second-order valence-electron chi connectivity index (χ2n) is 5.54. The fourth-order valence-corrected chi connectivity index (χ4v) is 2.74. The summed E-state index contributed by atoms with van der Waals surface area (Å²) >= 11 is 0. The number of hydrogen-bond donors (Lipinski definition) is 1. The Morgan fingerprint density at radius 3 is 2.62 bits per heavy atom. The standard InChI is InChI=1S/C15H16F2N6O/c1-7-5-9(11-8(2)21-23(4)14(11)19-7)15(24)20-10-6-18-22(3)12(10)13(16)17/h5-6,13H,1-4H3,(H,20,24). The van der Waals surface area contributed by atoms with Crippen molar-refractivity contribution >= 4 is 22.6 Å². The van der Waals surface area contributed by atoms with Gasteiger partial charge >= 0.3 is 0 Å². The summed E-state index contributed by atoms with van der Waals surface area (Å²) in [6.45, 7) is 3.53. The number of nitrogens with one attached hydrogen (secondary N) is 1. The first-order valence-electron chi connectivity index (χ1n) is 7.22. The first-order valence-corrected chi connectivity index (χ1v) is 7.22. The SMILES string of the molecule is Cc1cc(C(=O)Nc2cnn(C)c2C(F)F)c2c(C)nn(C)c2n1. The van der Waals surface area contributed by atoms with Crippen LogP contribution in [0, 0.1) is 13.8 Å². The fourth-order valence-electron chi connectivity index (χ4n) is 2.74. The molecule has 0 saturated heterocycles. The maximum Gasteiger partial charge on any atom is 0.282 e. The third-order valence-corrected chi connectivity index (χ3v) is 3.78. The molecule has 0 aliphatic rings. The molecular formula is C15H16F2N6O. The smallest absolute Gasteiger partial charge is 0.282 e. The summed E-state index contributed by atoms with van der Waals surface area (Å²) in [6.07, 6.45) is -1.53. The molecule has 0 unspecified atom stereocenters. The van der Waals surface area contributed by atoms with Crippen molar-refractivity contribution in [2.75, 3.05) is 5.32 Å². The van der Waals surface area contributed by atoms with E-state index >= 15 is 0 Å². The minimum absolute atomic E-state index is 0.0124. The van der Waals surface area contributed by atoms with Gasteiger partial charge in [0.05, 0.1) is 28.5 Å². The molecule has 3 aromatic rings. The molecule has 0 radical (unpaired) electrons. The highest BCUT2D eigenvalue weighted by molar-refractivity contribution is 6.12. The number of anilines is 1. The Kier molecular flexibility index (Phi) is 3.78. The average Bonchev–Trinajstić information content (AvgIpc) is 2.99. The Morgan fingerprint density at radius 2 is 1.96 bits per heavy atom. The van der Waals surface area contributed by atoms with Crippen LogP contribution in [0.15, 0.2) is 12.3 Å². The van der Waals surface area contributed by atoms with E-state index < -0.39 is 12.3 Å². The van der Waals surface area contributed by atoms with E-state index in [0.717, 1.165) is 4.68 Å². The minimum Gasteiger partial charge on any atom is -0.319 e. The largest absolute Gasteiger partial charge is 0.319 e. The van der Waals surface area contributed by atoms with E-state index in [4.69, 9.17) is 0 Å². The summed E-state index contributed by atoms with van der Waals surface area (Å²) in [5, 5.41) is 11.2. The molecule has 0 saturated carbocycles. The fraction of sp³-hybridized carbons (Fsp3) is 0.333. The third kappa shape index (κ3) is 2.51. The molecule has 1 amide bonds. The summed E-state index contributed by atoms with van der Waals surface area (Å²) < 4.78 is 28.9. The van der Waals surface area contributed by atoms with Gasteiger partial charge in [-0.3, -0.25) is 14.2 Å². The maximum absolute atomic E-state index is 13.1. The lowest BCUT2D eigenvalue weighted by Crippen LogP contribution is -2.15. The average molecular weight is 334 g/mol. The van der Waals surface area contributed by atoms with Gasteiger partial charge in [-0.05, 0) is 19.9 Å². The quantitative estimate of drug-likeness (QED) is 0.798. The van der Waals surface area contributed by atoms with Gasteiger partial charge in [0.2, 0.25) is 0 Å². The molecule has 1 N–H and O–H groups in total. The Hall–Kier alpha value is -2.84. The summed E-state index contributed by atoms with van der Waals surface area (Å²) in [5.41, 5.74) is 1.83. The number of aryl methyl sites for hydroxylation is 4. The van der Waals surface area contributed by atoms with E-state index in [2.05, 4.69) is 20.5 Å². The maximum atomic E-state index is 13.1. The number of rotatable bonds is 3. The van der Waals surface area contributed by atoms with Crippen molar-refractivity contribution in [3.05, 3.63) is 34.9 Å². The molecule has 0 atom stereocenters. The van der Waals surface area contributed by atoms with Crippen molar-refractivity contribution in [2.45, 2.75) is 20.3 Å². The number of carbonyl (C=O) groups is 1. The zero-order valence-corrected chi connectivity index (χ0v) is 13.6. The van der Waals surface area contributed by atoms with E-state index in [9.17, 15) is 13.6 Å². The van der Waals surface area contributed by atoms with E-state index in [0.29, 0.717) is 28.0 Å². The Balaban J connectivity index is 2.07. The predicted octanol–water partition coefficient (Wildman–Crippen LogP) is 2.51. The lowest BCUT2D eigenvalue weighted by Gasteiger charge is -2.09. The van der Waals surface area contributed by atoms with Crippen molar-refractivity contribution in [2.24, 2.45) is 14.1 Å². The van der Waals surface area contributed by atoms with Crippen molar-refractivity contribution in [1.29, 1.82) is 0 Å². The highest BCUT2D eigenvalue weighted by Crippen LogP contribution is 2.28. The molecule has 3 aromatic heterocycles. The van der Waals surface area contributed by atoms with Crippen LogP contribution in [0.1, 0.15) is 33.9 Å². The number of hydrogen-bond acceptors (Lipinski definition) is 4. The highest BCUT2D eigenvalue weighted by Gasteiger charge is 2.22. The summed E-state index contributed by atoms with van der Waals surface area (Å²) in [4.78, 5) is 17.0. The van der Waals surface area contributed by atoms with Gasteiger partial charge in [-0.25, -0.2) is 13.8 Å². The second kappa shape index (κ2) is 5.66. The van der Waals surface area contributed by atoms with E-state index in [1.165, 1.54) is 13.2 Å². The van der Waals surface area contributed by atoms with Gasteiger partial charge in [-0.15, -0.1) is 0 Å². The molecule has 3 heterocycles. The summed E-state index contributed by atoms with van der Waals surface area (Å²) in [7, 11) is 3.14. The van der Waals surface area contributed by atoms with Gasteiger partial charge in [0.1, 0.15) is 5.69 Å². The number of pyridine rings is 1. The number of amides is 1. The molecule has 0 aliphatic carbocycles. The molecule has 0 aliphatic heterocycles. The predicted molar refractivity (Wildman–Crippen MR) is 84.1 cm³/mol. The molecule has 24 heavy (non-hydrogen) atoms. The van der Waals surface area contributed by atoms with E-state index in [1.54, 1.807) is 31.6 Å². The normalized spacial score (nSPS) is 11.5. The molecule has 9 heteroatoms. The van der Waals surface area contributed by atoms with Crippen LogP contribution in [0.3, 0.4) is 0 Å². The van der Waals surface area contributed by atoms with Crippen molar-refractivity contribution < 1.29 is 13.6 Å². The van der Waals surface area contributed by atoms with Gasteiger partial charge in [0.25, 0.3) is 12.3 Å². The van der Waals surface area contributed by atoms with E-state index in [-0.39, 0.29) is 11.4 Å². The van der Waals surface area contributed by atoms with Crippen LogP contribution in [0.4, 0.5) is 14.5 Å². The molecule has 126 valence electrons. The lowest BCUT2D eigenvalue weighted by atomic mass is 10.1. The highest BCUT2D eigenvalue weighted by atomic mass is 19.3. The van der Waals surface area contributed by atoms with Gasteiger partial charge in [-0.1, -0.05) is 0 Å². The van der Waals surface area contributed by atoms with Crippen molar-refractivity contribution in [3.8, 4) is 0 Å². The van der Waals surface area contributed by atoms with Gasteiger partial charge in [0, 0.05) is 19.8 Å². The van der Waals surface area contributed by atoms with Crippen LogP contribution in [-0.4, -0.2) is 30.5 Å².